The predicted molar refractivity (Wildman–Crippen MR) is 66.9 cm³/mol. The number of hydrogen-bond acceptors (Lipinski definition) is 4. The Morgan fingerprint density at radius 2 is 2.18 bits per heavy atom. The monoisotopic (exact) mass is 303 g/mol. The first-order valence-corrected chi connectivity index (χ1v) is 5.94. The molecule has 0 spiro atoms. The van der Waals surface area contributed by atoms with Crippen LogP contribution in [0.15, 0.2) is 22.7 Å². The molecule has 0 N–H and O–H groups in total. The summed E-state index contributed by atoms with van der Waals surface area (Å²) >= 11 is 3.22. The molecule has 0 unspecified atom stereocenters. The molecule has 6 heteroatoms. The van der Waals surface area contributed by atoms with E-state index in [0.717, 1.165) is 12.0 Å². The summed E-state index contributed by atoms with van der Waals surface area (Å²) in [5.74, 6) is 0. The van der Waals surface area contributed by atoms with Crippen LogP contribution in [-0.2, 0) is 16.1 Å². The Balaban J connectivity index is 2.54. The van der Waals surface area contributed by atoms with Crippen molar-refractivity contribution >= 4 is 21.6 Å². The highest BCUT2D eigenvalue weighted by Gasteiger charge is 2.14. The number of nitrogens with zero attached hydrogens (tertiary/aromatic N) is 1. The van der Waals surface area contributed by atoms with Crippen molar-refractivity contribution in [1.29, 1.82) is 0 Å². The molecule has 5 nitrogen and oxygen atoms in total. The van der Waals surface area contributed by atoms with E-state index < -0.39 is 4.92 Å². The molecule has 0 aliphatic carbocycles. The Labute approximate surface area is 108 Å². The van der Waals surface area contributed by atoms with Gasteiger partial charge in [0, 0.05) is 26.4 Å². The third-order valence-corrected chi connectivity index (χ3v) is 3.07. The molecule has 1 aromatic carbocycles. The van der Waals surface area contributed by atoms with Crippen molar-refractivity contribution in [3.63, 3.8) is 0 Å². The minimum Gasteiger partial charge on any atom is -0.385 e. The van der Waals surface area contributed by atoms with Crippen molar-refractivity contribution in [2.75, 3.05) is 20.3 Å². The summed E-state index contributed by atoms with van der Waals surface area (Å²) in [6.45, 7) is 1.57. The van der Waals surface area contributed by atoms with E-state index in [2.05, 4.69) is 15.9 Å². The smallest absolute Gasteiger partial charge is 0.283 e. The number of nitro groups is 1. The molecule has 17 heavy (non-hydrogen) atoms. The fraction of sp³-hybridized carbons (Fsp3) is 0.455. The van der Waals surface area contributed by atoms with Gasteiger partial charge >= 0.3 is 0 Å². The fourth-order valence-corrected chi connectivity index (χ4v) is 1.83. The van der Waals surface area contributed by atoms with Crippen LogP contribution in [0.2, 0.25) is 0 Å². The van der Waals surface area contributed by atoms with Gasteiger partial charge in [0.15, 0.2) is 0 Å². The van der Waals surface area contributed by atoms with Crippen molar-refractivity contribution in [3.8, 4) is 0 Å². The van der Waals surface area contributed by atoms with E-state index >= 15 is 0 Å². The second-order valence-electron chi connectivity index (χ2n) is 3.41. The Morgan fingerprint density at radius 1 is 1.41 bits per heavy atom. The van der Waals surface area contributed by atoms with E-state index in [1.165, 1.54) is 6.07 Å². The Morgan fingerprint density at radius 3 is 2.82 bits per heavy atom. The topological polar surface area (TPSA) is 61.6 Å². The molecule has 0 atom stereocenters. The molecule has 0 saturated carbocycles. The van der Waals surface area contributed by atoms with E-state index in [-0.39, 0.29) is 5.69 Å². The maximum absolute atomic E-state index is 10.7. The summed E-state index contributed by atoms with van der Waals surface area (Å²) < 4.78 is 10.8. The molecule has 94 valence electrons. The zero-order valence-electron chi connectivity index (χ0n) is 9.52. The summed E-state index contributed by atoms with van der Waals surface area (Å²) in [4.78, 5) is 10.3. The first-order chi connectivity index (χ1) is 8.16. The fourth-order valence-electron chi connectivity index (χ4n) is 1.31. The normalized spacial score (nSPS) is 10.5. The Hall–Kier alpha value is -0.980. The molecule has 0 bridgehead atoms. The SMILES string of the molecule is COCCCOCc1cccc([N+](=O)[O-])c1Br. The summed E-state index contributed by atoms with van der Waals surface area (Å²) in [6.07, 6.45) is 0.809. The van der Waals surface area contributed by atoms with Gasteiger partial charge in [-0.1, -0.05) is 12.1 Å². The van der Waals surface area contributed by atoms with Crippen molar-refractivity contribution in [2.45, 2.75) is 13.0 Å². The van der Waals surface area contributed by atoms with Crippen molar-refractivity contribution in [1.82, 2.24) is 0 Å². The molecule has 0 amide bonds. The van der Waals surface area contributed by atoms with Crippen LogP contribution in [0.4, 0.5) is 5.69 Å². The highest BCUT2D eigenvalue weighted by molar-refractivity contribution is 9.10. The van der Waals surface area contributed by atoms with Crippen LogP contribution < -0.4 is 0 Å². The van der Waals surface area contributed by atoms with Crippen LogP contribution in [0.5, 0.6) is 0 Å². The van der Waals surface area contributed by atoms with Crippen LogP contribution in [0.1, 0.15) is 12.0 Å². The lowest BCUT2D eigenvalue weighted by Crippen LogP contribution is -2.01. The molecule has 0 saturated heterocycles. The minimum absolute atomic E-state index is 0.0583. The van der Waals surface area contributed by atoms with Gasteiger partial charge in [-0.15, -0.1) is 0 Å². The van der Waals surface area contributed by atoms with Gasteiger partial charge in [0.05, 0.1) is 11.5 Å². The summed E-state index contributed by atoms with van der Waals surface area (Å²) in [5, 5.41) is 10.7. The number of rotatable bonds is 7. The van der Waals surface area contributed by atoms with E-state index in [1.54, 1.807) is 19.2 Å². The third-order valence-electron chi connectivity index (χ3n) is 2.15. The number of methoxy groups -OCH3 is 1. The highest BCUT2D eigenvalue weighted by Crippen LogP contribution is 2.28. The van der Waals surface area contributed by atoms with Crippen molar-refractivity contribution in [3.05, 3.63) is 38.3 Å². The van der Waals surface area contributed by atoms with Crippen LogP contribution >= 0.6 is 15.9 Å². The van der Waals surface area contributed by atoms with Crippen molar-refractivity contribution < 1.29 is 14.4 Å². The number of hydrogen-bond donors (Lipinski definition) is 0. The van der Waals surface area contributed by atoms with Gasteiger partial charge in [-0.3, -0.25) is 10.1 Å². The van der Waals surface area contributed by atoms with Crippen LogP contribution in [-0.4, -0.2) is 25.2 Å². The second-order valence-corrected chi connectivity index (χ2v) is 4.20. The summed E-state index contributed by atoms with van der Waals surface area (Å²) in [6, 6.07) is 4.91. The van der Waals surface area contributed by atoms with E-state index in [0.29, 0.717) is 24.3 Å². The van der Waals surface area contributed by atoms with Gasteiger partial charge in [0.2, 0.25) is 0 Å². The predicted octanol–water partition coefficient (Wildman–Crippen LogP) is 2.91. The van der Waals surface area contributed by atoms with Gasteiger partial charge in [-0.25, -0.2) is 0 Å². The number of nitro benzene ring substituents is 1. The maximum Gasteiger partial charge on any atom is 0.283 e. The van der Waals surface area contributed by atoms with Crippen molar-refractivity contribution in [2.24, 2.45) is 0 Å². The second kappa shape index (κ2) is 7.37. The first kappa shape index (κ1) is 14.1. The molecule has 1 aromatic rings. The lowest BCUT2D eigenvalue weighted by molar-refractivity contribution is -0.385. The van der Waals surface area contributed by atoms with Gasteiger partial charge in [0.25, 0.3) is 5.69 Å². The molecule has 1 rings (SSSR count). The summed E-state index contributed by atoms with van der Waals surface area (Å²) in [7, 11) is 1.64. The van der Waals surface area contributed by atoms with Crippen LogP contribution in [0, 0.1) is 10.1 Å². The molecule has 0 aromatic heterocycles. The lowest BCUT2D eigenvalue weighted by atomic mass is 10.2. The van der Waals surface area contributed by atoms with Gasteiger partial charge < -0.3 is 9.47 Å². The van der Waals surface area contributed by atoms with Gasteiger partial charge in [-0.2, -0.15) is 0 Å². The quantitative estimate of drug-likeness (QED) is 0.441. The highest BCUT2D eigenvalue weighted by atomic mass is 79.9. The molecule has 0 aliphatic rings. The minimum atomic E-state index is -0.418. The molecule has 0 radical (unpaired) electrons. The Kier molecular flexibility index (Phi) is 6.10. The lowest BCUT2D eigenvalue weighted by Gasteiger charge is -2.06. The summed E-state index contributed by atoms with van der Waals surface area (Å²) in [5.41, 5.74) is 0.833. The number of ether oxygens (including phenoxy) is 2. The van der Waals surface area contributed by atoms with E-state index in [4.69, 9.17) is 9.47 Å². The van der Waals surface area contributed by atoms with Crippen LogP contribution in [0.25, 0.3) is 0 Å². The largest absolute Gasteiger partial charge is 0.385 e. The Bertz CT molecular complexity index is 384. The van der Waals surface area contributed by atoms with Gasteiger partial charge in [0.1, 0.15) is 4.47 Å². The maximum atomic E-state index is 10.7. The zero-order valence-corrected chi connectivity index (χ0v) is 11.1. The molecular formula is C11H14BrNO4. The van der Waals surface area contributed by atoms with Gasteiger partial charge in [-0.05, 0) is 27.9 Å². The third kappa shape index (κ3) is 4.41. The molecule has 0 heterocycles. The number of benzene rings is 1. The van der Waals surface area contributed by atoms with E-state index in [9.17, 15) is 10.1 Å². The zero-order chi connectivity index (χ0) is 12.7. The molecule has 0 fully saturated rings. The van der Waals surface area contributed by atoms with E-state index in [1.807, 2.05) is 0 Å². The first-order valence-electron chi connectivity index (χ1n) is 5.15. The van der Waals surface area contributed by atoms with Crippen LogP contribution in [0.3, 0.4) is 0 Å². The molecule has 0 aliphatic heterocycles. The number of halogens is 1. The average Bonchev–Trinajstić information content (AvgIpc) is 2.30. The average molecular weight is 304 g/mol. The molecular weight excluding hydrogens is 290 g/mol. The standard InChI is InChI=1S/C11H14BrNO4/c1-16-6-3-7-17-8-9-4-2-5-10(11(9)12)13(14)15/h2,4-5H,3,6-8H2,1H3.